The summed E-state index contributed by atoms with van der Waals surface area (Å²) in [4.78, 5) is 35.3. The predicted molar refractivity (Wildman–Crippen MR) is 233 cm³/mol. The van der Waals surface area contributed by atoms with Crippen LogP contribution in [0, 0.1) is 0 Å². The van der Waals surface area contributed by atoms with E-state index in [9.17, 15) is 19.0 Å². The number of unbranched alkanes of at least 4 members (excludes halogenated alkanes) is 12. The number of esters is 2. The molecule has 0 aliphatic carbocycles. The van der Waals surface area contributed by atoms with Crippen molar-refractivity contribution >= 4 is 19.8 Å². The largest absolute Gasteiger partial charge is 0.472 e. The highest BCUT2D eigenvalue weighted by Gasteiger charge is 2.27. The molecule has 0 fully saturated rings. The van der Waals surface area contributed by atoms with Crippen molar-refractivity contribution in [3.63, 3.8) is 0 Å². The van der Waals surface area contributed by atoms with Crippen LogP contribution in [0.2, 0.25) is 0 Å². The lowest BCUT2D eigenvalue weighted by Gasteiger charge is -2.24. The Labute approximate surface area is 342 Å². The smallest absolute Gasteiger partial charge is 0.462 e. The highest BCUT2D eigenvalue weighted by atomic mass is 31.2. The number of nitrogens with zero attached hydrogens (tertiary/aromatic N) is 1. The summed E-state index contributed by atoms with van der Waals surface area (Å²) < 4.78 is 34.2. The zero-order valence-electron chi connectivity index (χ0n) is 36.1. The third-order valence-corrected chi connectivity index (χ3v) is 9.69. The van der Waals surface area contributed by atoms with Crippen LogP contribution in [0.5, 0.6) is 0 Å². The molecule has 0 heterocycles. The zero-order chi connectivity index (χ0) is 41.4. The first-order chi connectivity index (χ1) is 27.0. The van der Waals surface area contributed by atoms with Crippen LogP contribution < -0.4 is 0 Å². The van der Waals surface area contributed by atoms with E-state index in [0.717, 1.165) is 57.8 Å². The van der Waals surface area contributed by atoms with Crippen molar-refractivity contribution < 1.29 is 42.1 Å². The molecule has 2 atom stereocenters. The maximum absolute atomic E-state index is 12.7. The van der Waals surface area contributed by atoms with Gasteiger partial charge in [0.25, 0.3) is 0 Å². The average molecular weight is 807 g/mol. The summed E-state index contributed by atoms with van der Waals surface area (Å²) in [7, 11) is 1.41. The van der Waals surface area contributed by atoms with Crippen molar-refractivity contribution in [1.82, 2.24) is 0 Å². The molecule has 0 saturated carbocycles. The van der Waals surface area contributed by atoms with Crippen LogP contribution in [0.4, 0.5) is 0 Å². The number of ether oxygens (including phenoxy) is 2. The van der Waals surface area contributed by atoms with Gasteiger partial charge in [0.15, 0.2) is 6.10 Å². The van der Waals surface area contributed by atoms with Crippen LogP contribution in [-0.4, -0.2) is 74.9 Å². The molecule has 0 spiro atoms. The Kier molecular flexibility index (Phi) is 36.3. The van der Waals surface area contributed by atoms with E-state index in [1.165, 1.54) is 57.8 Å². The summed E-state index contributed by atoms with van der Waals surface area (Å²) >= 11 is 0. The van der Waals surface area contributed by atoms with Gasteiger partial charge in [-0.25, -0.2) is 4.57 Å². The molecule has 0 aromatic rings. The normalized spacial score (nSPS) is 14.3. The second-order valence-corrected chi connectivity index (χ2v) is 16.8. The van der Waals surface area contributed by atoms with Crippen LogP contribution in [0.1, 0.15) is 155 Å². The van der Waals surface area contributed by atoms with Crippen LogP contribution >= 0.6 is 7.82 Å². The standard InChI is InChI=1S/C46H80NO8P/c1-6-8-10-12-14-16-18-20-22-23-25-26-28-30-32-34-36-38-45(48)52-42-44(43-54-56(50,51)53-41-40-47(3,4)5)55-46(49)39-37-35-33-31-29-27-24-21-19-17-15-13-11-9-7-2/h15,17,20-22,24-26,29-32,44H,6-14,16,18-19,23,27-28,33-43H2,1-5H3/p+1/b17-15+,22-20+,24-21+,26-25+,31-29+,32-30+/t44-/m1/s1. The first-order valence-corrected chi connectivity index (χ1v) is 23.2. The van der Waals surface area contributed by atoms with E-state index in [2.05, 4.69) is 86.8 Å². The highest BCUT2D eigenvalue weighted by Crippen LogP contribution is 2.43. The van der Waals surface area contributed by atoms with Crippen LogP contribution in [0.3, 0.4) is 0 Å². The molecule has 0 aromatic heterocycles. The Morgan fingerprint density at radius 3 is 1.52 bits per heavy atom. The third-order valence-electron chi connectivity index (χ3n) is 8.71. The van der Waals surface area contributed by atoms with Gasteiger partial charge in [0.05, 0.1) is 27.7 Å². The Hall–Kier alpha value is -2.55. The highest BCUT2D eigenvalue weighted by molar-refractivity contribution is 7.47. The van der Waals surface area contributed by atoms with E-state index in [1.807, 2.05) is 21.1 Å². The Morgan fingerprint density at radius 1 is 0.554 bits per heavy atom. The summed E-state index contributed by atoms with van der Waals surface area (Å²) in [5.74, 6) is -0.912. The van der Waals surface area contributed by atoms with Gasteiger partial charge in [-0.15, -0.1) is 0 Å². The lowest BCUT2D eigenvalue weighted by Crippen LogP contribution is -2.37. The average Bonchev–Trinajstić information content (AvgIpc) is 3.15. The van der Waals surface area contributed by atoms with Gasteiger partial charge < -0.3 is 18.9 Å². The van der Waals surface area contributed by atoms with E-state index in [-0.39, 0.29) is 26.1 Å². The fraction of sp³-hybridized carbons (Fsp3) is 0.696. The molecule has 0 saturated heterocycles. The van der Waals surface area contributed by atoms with Gasteiger partial charge in [0, 0.05) is 12.8 Å². The van der Waals surface area contributed by atoms with Gasteiger partial charge in [-0.3, -0.25) is 18.6 Å². The maximum Gasteiger partial charge on any atom is 0.472 e. The molecule has 0 bridgehead atoms. The molecule has 0 amide bonds. The number of rotatable bonds is 38. The van der Waals surface area contributed by atoms with Gasteiger partial charge >= 0.3 is 19.8 Å². The monoisotopic (exact) mass is 807 g/mol. The van der Waals surface area contributed by atoms with Gasteiger partial charge in [0.2, 0.25) is 0 Å². The summed E-state index contributed by atoms with van der Waals surface area (Å²) in [6.07, 6.45) is 46.8. The Balaban J connectivity index is 4.54. The predicted octanol–water partition coefficient (Wildman–Crippen LogP) is 12.2. The number of carbonyl (C=O) groups excluding carboxylic acids is 2. The minimum absolute atomic E-state index is 0.0133. The minimum atomic E-state index is -4.40. The van der Waals surface area contributed by atoms with Crippen molar-refractivity contribution in [1.29, 1.82) is 0 Å². The summed E-state index contributed by atoms with van der Waals surface area (Å²) in [6, 6.07) is 0. The fourth-order valence-corrected chi connectivity index (χ4v) is 6.01. The summed E-state index contributed by atoms with van der Waals surface area (Å²) in [5.41, 5.74) is 0. The SMILES string of the molecule is CCCCC/C=C/C/C=C/C/C=C/CCCCC(=O)O[C@H](COC(=O)CCC/C=C/C/C=C/C/C=C/CCCCCCCC)COP(=O)(O)OCC[N+](C)(C)C. The number of quaternary nitrogens is 1. The van der Waals surface area contributed by atoms with E-state index >= 15 is 0 Å². The molecule has 0 aromatic carbocycles. The molecule has 1 N–H and O–H groups in total. The quantitative estimate of drug-likeness (QED) is 0.0216. The van der Waals surface area contributed by atoms with Gasteiger partial charge in [-0.05, 0) is 83.5 Å². The van der Waals surface area contributed by atoms with Crippen molar-refractivity contribution in [2.24, 2.45) is 0 Å². The molecule has 9 nitrogen and oxygen atoms in total. The van der Waals surface area contributed by atoms with Crippen LogP contribution in [-0.2, 0) is 32.7 Å². The second-order valence-electron chi connectivity index (χ2n) is 15.4. The van der Waals surface area contributed by atoms with E-state index < -0.39 is 32.5 Å². The van der Waals surface area contributed by atoms with E-state index in [0.29, 0.717) is 23.9 Å². The van der Waals surface area contributed by atoms with Crippen molar-refractivity contribution in [2.45, 2.75) is 161 Å². The number of allylic oxidation sites excluding steroid dienone is 12. The summed E-state index contributed by atoms with van der Waals surface area (Å²) in [5, 5.41) is 0. The van der Waals surface area contributed by atoms with Crippen molar-refractivity contribution in [3.8, 4) is 0 Å². The molecule has 322 valence electrons. The molecular weight excluding hydrogens is 725 g/mol. The van der Waals surface area contributed by atoms with Crippen LogP contribution in [0.15, 0.2) is 72.9 Å². The molecule has 10 heteroatoms. The fourth-order valence-electron chi connectivity index (χ4n) is 5.27. The molecule has 56 heavy (non-hydrogen) atoms. The second kappa shape index (κ2) is 38.0. The van der Waals surface area contributed by atoms with Gasteiger partial charge in [0.1, 0.15) is 19.8 Å². The minimum Gasteiger partial charge on any atom is -0.462 e. The molecule has 0 rings (SSSR count). The Morgan fingerprint density at radius 2 is 0.982 bits per heavy atom. The topological polar surface area (TPSA) is 108 Å². The van der Waals surface area contributed by atoms with Crippen molar-refractivity contribution in [3.05, 3.63) is 72.9 Å². The van der Waals surface area contributed by atoms with Crippen molar-refractivity contribution in [2.75, 3.05) is 47.5 Å². The maximum atomic E-state index is 12.7. The molecule has 0 aliphatic rings. The van der Waals surface area contributed by atoms with Crippen LogP contribution in [0.25, 0.3) is 0 Å². The number of phosphoric acid groups is 1. The lowest BCUT2D eigenvalue weighted by atomic mass is 10.1. The zero-order valence-corrected chi connectivity index (χ0v) is 37.0. The number of hydrogen-bond donors (Lipinski definition) is 1. The van der Waals surface area contributed by atoms with E-state index in [4.69, 9.17) is 18.5 Å². The van der Waals surface area contributed by atoms with E-state index in [1.54, 1.807) is 0 Å². The number of hydrogen-bond acceptors (Lipinski definition) is 7. The molecular formula is C46H81NO8P+. The lowest BCUT2D eigenvalue weighted by molar-refractivity contribution is -0.870. The Bertz CT molecular complexity index is 1180. The molecule has 1 unspecified atom stereocenters. The molecule has 0 radical (unpaired) electrons. The first-order valence-electron chi connectivity index (χ1n) is 21.7. The third kappa shape index (κ3) is 41.1. The van der Waals surface area contributed by atoms with Gasteiger partial charge in [-0.2, -0.15) is 0 Å². The summed E-state index contributed by atoms with van der Waals surface area (Å²) in [6.45, 7) is 4.26. The molecule has 0 aliphatic heterocycles. The first kappa shape index (κ1) is 53.5. The number of phosphoric ester groups is 1. The number of carbonyl (C=O) groups is 2. The number of likely N-dealkylation sites (N-methyl/N-ethyl adjacent to an activating group) is 1. The van der Waals surface area contributed by atoms with Gasteiger partial charge in [-0.1, -0.05) is 132 Å².